The van der Waals surface area contributed by atoms with E-state index in [1.54, 1.807) is 24.4 Å². The molecular weight excluding hydrogens is 398 g/mol. The van der Waals surface area contributed by atoms with Crippen LogP contribution in [-0.4, -0.2) is 37.4 Å². The lowest BCUT2D eigenvalue weighted by atomic mass is 10.1. The van der Waals surface area contributed by atoms with Crippen LogP contribution in [-0.2, 0) is 4.74 Å². The third-order valence-corrected chi connectivity index (χ3v) is 5.42. The van der Waals surface area contributed by atoms with Crippen LogP contribution in [0.2, 0.25) is 5.02 Å². The van der Waals surface area contributed by atoms with Crippen molar-refractivity contribution in [3.8, 4) is 22.0 Å². The second-order valence-corrected chi connectivity index (χ2v) is 7.50. The van der Waals surface area contributed by atoms with Crippen LogP contribution in [0.1, 0.15) is 28.7 Å². The van der Waals surface area contributed by atoms with E-state index < -0.39 is 5.97 Å². The van der Waals surface area contributed by atoms with Crippen LogP contribution in [0.4, 0.5) is 0 Å². The number of rotatable bonds is 4. The summed E-state index contributed by atoms with van der Waals surface area (Å²) < 4.78 is 6.80. The smallest absolute Gasteiger partial charge is 0.339 e. The number of nitrogens with zero attached hydrogens (tertiary/aromatic N) is 5. The number of fused-ring (bicyclic) bond motifs is 1. The summed E-state index contributed by atoms with van der Waals surface area (Å²) >= 11 is 7.39. The largest absolute Gasteiger partial charge is 0.462 e. The number of esters is 1. The molecule has 3 heterocycles. The molecule has 0 bridgehead atoms. The van der Waals surface area contributed by atoms with Gasteiger partial charge in [-0.2, -0.15) is 9.61 Å². The normalized spacial score (nSPS) is 11.1. The van der Waals surface area contributed by atoms with Gasteiger partial charge in [0, 0.05) is 21.8 Å². The highest BCUT2D eigenvalue weighted by atomic mass is 35.5. The molecule has 0 radical (unpaired) electrons. The summed E-state index contributed by atoms with van der Waals surface area (Å²) in [5, 5.41) is 14.6. The first kappa shape index (κ1) is 18.5. The van der Waals surface area contributed by atoms with Crippen molar-refractivity contribution in [1.82, 2.24) is 24.8 Å². The highest BCUT2D eigenvalue weighted by Gasteiger charge is 2.20. The number of benzene rings is 1. The predicted octanol–water partition coefficient (Wildman–Crippen LogP) is 4.36. The Morgan fingerprint density at radius 1 is 1.18 bits per heavy atom. The number of carbonyl (C=O) groups excluding carboxylic acids is 1. The summed E-state index contributed by atoms with van der Waals surface area (Å²) in [5.41, 5.74) is 3.39. The maximum absolute atomic E-state index is 12.2. The molecule has 7 nitrogen and oxygen atoms in total. The molecule has 0 atom stereocenters. The van der Waals surface area contributed by atoms with Gasteiger partial charge < -0.3 is 4.74 Å². The van der Waals surface area contributed by atoms with Crippen molar-refractivity contribution in [2.45, 2.75) is 20.8 Å². The molecule has 0 fully saturated rings. The van der Waals surface area contributed by atoms with Gasteiger partial charge in [-0.15, -0.1) is 10.2 Å². The van der Waals surface area contributed by atoms with Crippen LogP contribution in [0.25, 0.3) is 26.9 Å². The Balaban J connectivity index is 1.82. The number of pyridine rings is 1. The fourth-order valence-corrected chi connectivity index (χ4v) is 3.83. The van der Waals surface area contributed by atoms with Gasteiger partial charge in [-0.25, -0.2) is 4.79 Å². The minimum atomic E-state index is -0.408. The summed E-state index contributed by atoms with van der Waals surface area (Å²) in [4.78, 5) is 17.4. The quantitative estimate of drug-likeness (QED) is 0.462. The monoisotopic (exact) mass is 413 g/mol. The van der Waals surface area contributed by atoms with Gasteiger partial charge in [-0.05, 0) is 39.0 Å². The van der Waals surface area contributed by atoms with E-state index in [2.05, 4.69) is 20.3 Å². The fourth-order valence-electron chi connectivity index (χ4n) is 2.86. The molecule has 0 unspecified atom stereocenters. The maximum Gasteiger partial charge on any atom is 0.339 e. The van der Waals surface area contributed by atoms with Crippen molar-refractivity contribution in [3.63, 3.8) is 0 Å². The van der Waals surface area contributed by atoms with Crippen LogP contribution < -0.4 is 0 Å². The van der Waals surface area contributed by atoms with Gasteiger partial charge in [0.2, 0.25) is 4.96 Å². The van der Waals surface area contributed by atoms with E-state index in [4.69, 9.17) is 16.3 Å². The number of hydrogen-bond acceptors (Lipinski definition) is 7. The Kier molecular flexibility index (Phi) is 4.82. The Hall–Kier alpha value is -2.84. The van der Waals surface area contributed by atoms with Crippen LogP contribution in [0, 0.1) is 13.8 Å². The van der Waals surface area contributed by atoms with E-state index in [-0.39, 0.29) is 0 Å². The average Bonchev–Trinajstić information content (AvgIpc) is 3.24. The van der Waals surface area contributed by atoms with E-state index in [0.717, 1.165) is 16.3 Å². The van der Waals surface area contributed by atoms with E-state index in [1.165, 1.54) is 11.3 Å². The van der Waals surface area contributed by atoms with Gasteiger partial charge in [0.15, 0.2) is 5.82 Å². The van der Waals surface area contributed by atoms with Crippen LogP contribution in [0.5, 0.6) is 0 Å². The van der Waals surface area contributed by atoms with Gasteiger partial charge in [0.1, 0.15) is 5.01 Å². The van der Waals surface area contributed by atoms with Gasteiger partial charge in [-0.1, -0.05) is 35.1 Å². The summed E-state index contributed by atoms with van der Waals surface area (Å²) in [6, 6.07) is 9.20. The van der Waals surface area contributed by atoms with Gasteiger partial charge in [0.25, 0.3) is 0 Å². The van der Waals surface area contributed by atoms with Crippen molar-refractivity contribution < 1.29 is 9.53 Å². The summed E-state index contributed by atoms with van der Waals surface area (Å²) in [5.74, 6) is 0.122. The fraction of sp³-hybridized carbons (Fsp3) is 0.211. The van der Waals surface area contributed by atoms with E-state index in [9.17, 15) is 4.79 Å². The highest BCUT2D eigenvalue weighted by Crippen LogP contribution is 2.30. The lowest BCUT2D eigenvalue weighted by Crippen LogP contribution is -2.09. The van der Waals surface area contributed by atoms with Crippen molar-refractivity contribution in [2.24, 2.45) is 0 Å². The van der Waals surface area contributed by atoms with Crippen molar-refractivity contribution in [2.75, 3.05) is 6.61 Å². The van der Waals surface area contributed by atoms with Gasteiger partial charge in [0.05, 0.1) is 17.9 Å². The van der Waals surface area contributed by atoms with Crippen LogP contribution >= 0.6 is 22.9 Å². The zero-order valence-electron chi connectivity index (χ0n) is 15.4. The van der Waals surface area contributed by atoms with E-state index >= 15 is 0 Å². The Morgan fingerprint density at radius 3 is 2.64 bits per heavy atom. The molecule has 4 aromatic rings. The number of aromatic nitrogens is 5. The topological polar surface area (TPSA) is 82.3 Å². The van der Waals surface area contributed by atoms with Crippen molar-refractivity contribution in [3.05, 3.63) is 52.3 Å². The lowest BCUT2D eigenvalue weighted by Gasteiger charge is -2.09. The second kappa shape index (κ2) is 7.29. The first-order valence-electron chi connectivity index (χ1n) is 8.62. The van der Waals surface area contributed by atoms with E-state index in [0.29, 0.717) is 39.2 Å². The molecule has 28 heavy (non-hydrogen) atoms. The number of halogens is 1. The number of aryl methyl sites for hydroxylation is 2. The van der Waals surface area contributed by atoms with Gasteiger partial charge >= 0.3 is 5.97 Å². The molecule has 0 spiro atoms. The molecule has 0 N–H and O–H groups in total. The predicted molar refractivity (Wildman–Crippen MR) is 108 cm³/mol. The number of ether oxygens (including phenoxy) is 1. The molecule has 9 heteroatoms. The maximum atomic E-state index is 12.2. The third kappa shape index (κ3) is 3.25. The minimum absolute atomic E-state index is 0.299. The molecule has 0 saturated heterocycles. The molecule has 4 rings (SSSR count). The summed E-state index contributed by atoms with van der Waals surface area (Å²) in [7, 11) is 0. The molecule has 0 aliphatic rings. The van der Waals surface area contributed by atoms with Gasteiger partial charge in [-0.3, -0.25) is 4.98 Å². The molecule has 0 amide bonds. The van der Waals surface area contributed by atoms with Crippen molar-refractivity contribution in [1.29, 1.82) is 0 Å². The molecule has 0 aliphatic heterocycles. The Labute approximate surface area is 170 Å². The number of hydrogen-bond donors (Lipinski definition) is 0. The molecule has 3 aromatic heterocycles. The molecule has 142 valence electrons. The van der Waals surface area contributed by atoms with E-state index in [1.807, 2.05) is 31.2 Å². The summed E-state index contributed by atoms with van der Waals surface area (Å²) in [6.07, 6.45) is 0. The molecule has 0 saturated carbocycles. The first-order valence-corrected chi connectivity index (χ1v) is 9.81. The van der Waals surface area contributed by atoms with Crippen LogP contribution in [0.3, 0.4) is 0 Å². The molecule has 1 aromatic carbocycles. The number of carbonyl (C=O) groups is 1. The molecule has 0 aliphatic carbocycles. The zero-order chi connectivity index (χ0) is 19.8. The Morgan fingerprint density at radius 2 is 1.93 bits per heavy atom. The highest BCUT2D eigenvalue weighted by molar-refractivity contribution is 7.19. The lowest BCUT2D eigenvalue weighted by molar-refractivity contribution is 0.0525. The first-order chi connectivity index (χ1) is 13.5. The second-order valence-electron chi connectivity index (χ2n) is 6.11. The summed E-state index contributed by atoms with van der Waals surface area (Å²) in [6.45, 7) is 5.72. The zero-order valence-corrected chi connectivity index (χ0v) is 17.0. The standard InChI is InChI=1S/C19H16ClN5O2S/c1-4-27-18(26)15-9-14(10(2)21-11(15)3)16-22-23-19-25(16)24-17(28-19)12-5-7-13(20)8-6-12/h5-9H,4H2,1-3H3. The third-order valence-electron chi connectivity index (χ3n) is 4.22. The van der Waals surface area contributed by atoms with Crippen molar-refractivity contribution >= 4 is 33.9 Å². The Bertz CT molecular complexity index is 1180. The minimum Gasteiger partial charge on any atom is -0.462 e. The van der Waals surface area contributed by atoms with Crippen LogP contribution in [0.15, 0.2) is 30.3 Å². The SMILES string of the molecule is CCOC(=O)c1cc(-c2nnc3sc(-c4ccc(Cl)cc4)nn23)c(C)nc1C. The molecular formula is C19H16ClN5O2S. The average molecular weight is 414 g/mol.